The minimum Gasteiger partial charge on any atom is -0.467 e. The first kappa shape index (κ1) is 23.1. The largest absolute Gasteiger partial charge is 0.467 e. The Morgan fingerprint density at radius 1 is 1.29 bits per heavy atom. The van der Waals surface area contributed by atoms with E-state index in [-0.39, 0.29) is 27.7 Å². The summed E-state index contributed by atoms with van der Waals surface area (Å²) in [6, 6.07) is 10.1. The molecule has 0 saturated heterocycles. The molecule has 3 aromatic rings. The Hall–Kier alpha value is -2.53. The van der Waals surface area contributed by atoms with Crippen LogP contribution in [0, 0.1) is 6.92 Å². The summed E-state index contributed by atoms with van der Waals surface area (Å²) in [4.78, 5) is 12.4. The fourth-order valence-corrected chi connectivity index (χ4v) is 3.71. The Morgan fingerprint density at radius 2 is 2.00 bits per heavy atom. The number of halogens is 6. The van der Waals surface area contributed by atoms with Crippen molar-refractivity contribution in [3.8, 4) is 11.6 Å². The standard InChI is InChI=1S/C19H14BBrClF4N3O2/c1-10-6-11(20-26)18(12(21)7-10)27-16(30)9-31-17-8-15(19(23,24)25)28-29(17)14-5-3-2-4-13(14)22/h2-8,20H,9H2,1H3,(H,27,30). The summed E-state index contributed by atoms with van der Waals surface area (Å²) >= 11 is 9.33. The van der Waals surface area contributed by atoms with Crippen LogP contribution in [0.2, 0.25) is 5.02 Å². The van der Waals surface area contributed by atoms with Crippen LogP contribution in [0.15, 0.2) is 46.9 Å². The number of nitrogens with one attached hydrogen (secondary N) is 1. The molecule has 12 heteroatoms. The van der Waals surface area contributed by atoms with Gasteiger partial charge < -0.3 is 14.4 Å². The number of aromatic nitrogens is 2. The fraction of sp³-hybridized carbons (Fsp3) is 0.158. The van der Waals surface area contributed by atoms with Gasteiger partial charge in [0.15, 0.2) is 12.3 Å². The molecular formula is C19H14BBrClF4N3O2. The van der Waals surface area contributed by atoms with Crippen LogP contribution in [0.4, 0.5) is 23.2 Å². The molecule has 0 saturated carbocycles. The van der Waals surface area contributed by atoms with E-state index in [1.54, 1.807) is 31.2 Å². The molecule has 1 amide bonds. The predicted molar refractivity (Wildman–Crippen MR) is 114 cm³/mol. The fourth-order valence-electron chi connectivity index (χ4n) is 2.78. The van der Waals surface area contributed by atoms with Crippen molar-refractivity contribution in [3.63, 3.8) is 0 Å². The van der Waals surface area contributed by atoms with Crippen LogP contribution in [0.3, 0.4) is 0 Å². The maximum Gasteiger partial charge on any atom is 0.435 e. The van der Waals surface area contributed by atoms with Crippen LogP contribution in [-0.4, -0.2) is 29.9 Å². The maximum absolute atomic E-state index is 13.3. The second kappa shape index (κ2) is 9.31. The number of rotatable bonds is 6. The lowest BCUT2D eigenvalue weighted by atomic mass is 9.88. The number of nitrogens with zero attached hydrogens (tertiary/aromatic N) is 2. The molecule has 162 valence electrons. The van der Waals surface area contributed by atoms with Gasteiger partial charge in [0, 0.05) is 10.5 Å². The van der Waals surface area contributed by atoms with E-state index in [0.29, 0.717) is 10.5 Å². The van der Waals surface area contributed by atoms with Gasteiger partial charge in [0.05, 0.1) is 16.4 Å². The average Bonchev–Trinajstić information content (AvgIpc) is 3.13. The number of carbonyl (C=O) groups excluding carboxylic acids is 1. The summed E-state index contributed by atoms with van der Waals surface area (Å²) in [6.07, 6.45) is -4.73. The molecule has 0 radical (unpaired) electrons. The second-order valence-electron chi connectivity index (χ2n) is 6.48. The van der Waals surface area contributed by atoms with E-state index in [1.807, 2.05) is 0 Å². The number of amides is 1. The third kappa shape index (κ3) is 5.40. The topological polar surface area (TPSA) is 56.1 Å². The predicted octanol–water partition coefficient (Wildman–Crippen LogP) is 4.58. The van der Waals surface area contributed by atoms with Crippen LogP contribution in [-0.2, 0) is 11.0 Å². The third-order valence-electron chi connectivity index (χ3n) is 4.12. The molecule has 2 aromatic carbocycles. The number of hydrogen-bond acceptors (Lipinski definition) is 3. The van der Waals surface area contributed by atoms with Gasteiger partial charge in [-0.05, 0) is 46.5 Å². The molecule has 0 unspecified atom stereocenters. The number of carbonyl (C=O) groups is 1. The molecule has 0 aliphatic heterocycles. The van der Waals surface area contributed by atoms with Gasteiger partial charge in [0.1, 0.15) is 0 Å². The third-order valence-corrected chi connectivity index (χ3v) is 5.07. The molecule has 5 nitrogen and oxygen atoms in total. The summed E-state index contributed by atoms with van der Waals surface area (Å²) in [5.74, 6) is -1.02. The van der Waals surface area contributed by atoms with Crippen LogP contribution in [0.1, 0.15) is 11.3 Å². The molecule has 0 spiro atoms. The minimum atomic E-state index is -4.73. The van der Waals surface area contributed by atoms with Crippen LogP contribution < -0.4 is 15.5 Å². The molecule has 0 atom stereocenters. The lowest BCUT2D eigenvalue weighted by Gasteiger charge is -2.13. The van der Waals surface area contributed by atoms with Crippen molar-refractivity contribution in [1.82, 2.24) is 9.78 Å². The van der Waals surface area contributed by atoms with Crippen molar-refractivity contribution in [2.24, 2.45) is 0 Å². The number of ether oxygens (including phenoxy) is 1. The smallest absolute Gasteiger partial charge is 0.435 e. The first-order valence-corrected chi connectivity index (χ1v) is 9.97. The summed E-state index contributed by atoms with van der Waals surface area (Å²) in [5, 5.41) is 6.17. The first-order valence-electron chi connectivity index (χ1n) is 8.80. The number of hydrogen-bond donors (Lipinski definition) is 1. The highest BCUT2D eigenvalue weighted by Crippen LogP contribution is 2.33. The Kier molecular flexibility index (Phi) is 6.95. The van der Waals surface area contributed by atoms with Gasteiger partial charge in [0.25, 0.3) is 5.91 Å². The molecule has 1 aromatic heterocycles. The maximum atomic E-state index is 13.3. The van der Waals surface area contributed by atoms with Gasteiger partial charge in [-0.2, -0.15) is 23.0 Å². The van der Waals surface area contributed by atoms with E-state index in [1.165, 1.54) is 12.1 Å². The summed E-state index contributed by atoms with van der Waals surface area (Å²) in [5.41, 5.74) is 0.204. The quantitative estimate of drug-likeness (QED) is 0.384. The summed E-state index contributed by atoms with van der Waals surface area (Å²) < 4.78 is 59.4. The van der Waals surface area contributed by atoms with Crippen molar-refractivity contribution in [2.45, 2.75) is 13.1 Å². The zero-order chi connectivity index (χ0) is 22.8. The van der Waals surface area contributed by atoms with Crippen molar-refractivity contribution in [3.05, 3.63) is 63.2 Å². The molecule has 3 rings (SSSR count). The van der Waals surface area contributed by atoms with Gasteiger partial charge in [-0.1, -0.05) is 35.4 Å². The van der Waals surface area contributed by atoms with Crippen LogP contribution in [0.5, 0.6) is 5.88 Å². The van der Waals surface area contributed by atoms with Gasteiger partial charge in [-0.25, -0.2) is 0 Å². The van der Waals surface area contributed by atoms with Gasteiger partial charge in [-0.3, -0.25) is 4.79 Å². The molecule has 0 fully saturated rings. The normalized spacial score (nSPS) is 11.3. The Labute approximate surface area is 188 Å². The zero-order valence-corrected chi connectivity index (χ0v) is 18.3. The van der Waals surface area contributed by atoms with E-state index >= 15 is 0 Å². The molecule has 1 heterocycles. The van der Waals surface area contributed by atoms with Crippen molar-refractivity contribution >= 4 is 52.1 Å². The molecule has 0 aliphatic carbocycles. The SMILES string of the molecule is Cc1cc(Br)c(NC(=O)COc2cc(C(F)(F)F)nn2-c2ccccc2Cl)c(BF)c1. The number of benzene rings is 2. The lowest BCUT2D eigenvalue weighted by Crippen LogP contribution is -2.26. The van der Waals surface area contributed by atoms with E-state index in [9.17, 15) is 22.3 Å². The molecular weight excluding hydrogens is 504 g/mol. The van der Waals surface area contributed by atoms with E-state index in [4.69, 9.17) is 16.3 Å². The highest BCUT2D eigenvalue weighted by atomic mass is 79.9. The number of anilines is 1. The van der Waals surface area contributed by atoms with E-state index in [2.05, 4.69) is 26.3 Å². The summed E-state index contributed by atoms with van der Waals surface area (Å²) in [7, 11) is -0.815. The van der Waals surface area contributed by atoms with Crippen molar-refractivity contribution in [2.75, 3.05) is 11.9 Å². The van der Waals surface area contributed by atoms with Crippen molar-refractivity contribution < 1.29 is 27.0 Å². The highest BCUT2D eigenvalue weighted by molar-refractivity contribution is 9.10. The first-order chi connectivity index (χ1) is 14.6. The monoisotopic (exact) mass is 517 g/mol. The zero-order valence-electron chi connectivity index (χ0n) is 15.9. The van der Waals surface area contributed by atoms with Gasteiger partial charge >= 0.3 is 13.7 Å². The molecule has 0 bridgehead atoms. The summed E-state index contributed by atoms with van der Waals surface area (Å²) in [6.45, 7) is 1.13. The lowest BCUT2D eigenvalue weighted by molar-refractivity contribution is -0.141. The highest BCUT2D eigenvalue weighted by Gasteiger charge is 2.36. The van der Waals surface area contributed by atoms with Gasteiger partial charge in [0.2, 0.25) is 5.88 Å². The van der Waals surface area contributed by atoms with Crippen molar-refractivity contribution in [1.29, 1.82) is 0 Å². The molecule has 31 heavy (non-hydrogen) atoms. The second-order valence-corrected chi connectivity index (χ2v) is 7.74. The van der Waals surface area contributed by atoms with E-state index < -0.39 is 31.9 Å². The Morgan fingerprint density at radius 3 is 2.65 bits per heavy atom. The van der Waals surface area contributed by atoms with Crippen LogP contribution in [0.25, 0.3) is 5.69 Å². The number of aryl methyl sites for hydroxylation is 1. The molecule has 1 N–H and O–H groups in total. The van der Waals surface area contributed by atoms with E-state index in [0.717, 1.165) is 10.2 Å². The Balaban J connectivity index is 1.84. The van der Waals surface area contributed by atoms with Crippen LogP contribution >= 0.6 is 27.5 Å². The number of para-hydroxylation sites is 1. The average molecular weight is 519 g/mol. The van der Waals surface area contributed by atoms with Gasteiger partial charge in [-0.15, -0.1) is 0 Å². The minimum absolute atomic E-state index is 0.143. The Bertz CT molecular complexity index is 1120. The number of alkyl halides is 3. The molecule has 0 aliphatic rings.